The molecule has 0 spiro atoms. The second-order valence-electron chi connectivity index (χ2n) is 5.69. The van der Waals surface area contributed by atoms with Gasteiger partial charge in [0.15, 0.2) is 0 Å². The number of rotatable bonds is 8. The summed E-state index contributed by atoms with van der Waals surface area (Å²) >= 11 is 0. The number of ether oxygens (including phenoxy) is 1. The molecule has 1 rings (SSSR count). The maximum atomic E-state index is 12.3. The van der Waals surface area contributed by atoms with Crippen LogP contribution in [0, 0.1) is 0 Å². The predicted octanol–water partition coefficient (Wildman–Crippen LogP) is -0.377. The number of methoxy groups -OCH3 is 1. The number of hydrogen-bond acceptors (Lipinski definition) is 5. The normalized spacial score (nSPS) is 18.5. The summed E-state index contributed by atoms with van der Waals surface area (Å²) in [6.45, 7) is 6.55. The van der Waals surface area contributed by atoms with E-state index in [9.17, 15) is 13.2 Å². The van der Waals surface area contributed by atoms with Crippen molar-refractivity contribution in [2.45, 2.75) is 38.8 Å². The van der Waals surface area contributed by atoms with Crippen LogP contribution in [0.25, 0.3) is 0 Å². The van der Waals surface area contributed by atoms with Crippen LogP contribution in [0.15, 0.2) is 0 Å². The summed E-state index contributed by atoms with van der Waals surface area (Å²) in [7, 11) is -2.14. The molecule has 1 heterocycles. The molecule has 124 valence electrons. The lowest BCUT2D eigenvalue weighted by Gasteiger charge is -2.39. The number of likely N-dealkylation sites (tertiary alicyclic amines) is 1. The summed E-state index contributed by atoms with van der Waals surface area (Å²) in [6.07, 6.45) is 1.53. The second kappa shape index (κ2) is 8.07. The van der Waals surface area contributed by atoms with Crippen molar-refractivity contribution in [3.63, 3.8) is 0 Å². The van der Waals surface area contributed by atoms with Gasteiger partial charge in [-0.15, -0.1) is 0 Å². The van der Waals surface area contributed by atoms with Gasteiger partial charge < -0.3 is 15.4 Å². The highest BCUT2D eigenvalue weighted by molar-refractivity contribution is 7.89. The lowest BCUT2D eigenvalue weighted by Crippen LogP contribution is -2.51. The first-order valence-corrected chi connectivity index (χ1v) is 8.89. The molecule has 1 aliphatic heterocycles. The largest absolute Gasteiger partial charge is 0.383 e. The van der Waals surface area contributed by atoms with Crippen LogP contribution in [0.5, 0.6) is 0 Å². The highest BCUT2D eigenvalue weighted by Crippen LogP contribution is 2.21. The summed E-state index contributed by atoms with van der Waals surface area (Å²) < 4.78 is 31.0. The monoisotopic (exact) mass is 321 g/mol. The molecule has 7 nitrogen and oxygen atoms in total. The Balaban J connectivity index is 2.77. The summed E-state index contributed by atoms with van der Waals surface area (Å²) in [5.74, 6) is -1.46. The Labute approximate surface area is 127 Å². The molecular formula is C13H27N3O4S. The van der Waals surface area contributed by atoms with Crippen molar-refractivity contribution in [3.05, 3.63) is 0 Å². The Morgan fingerprint density at radius 3 is 2.38 bits per heavy atom. The van der Waals surface area contributed by atoms with Crippen molar-refractivity contribution in [3.8, 4) is 0 Å². The molecule has 0 saturated carbocycles. The van der Waals surface area contributed by atoms with Gasteiger partial charge >= 0.3 is 0 Å². The van der Waals surface area contributed by atoms with Crippen molar-refractivity contribution in [1.29, 1.82) is 0 Å². The zero-order valence-electron chi connectivity index (χ0n) is 13.1. The van der Waals surface area contributed by atoms with Gasteiger partial charge in [-0.1, -0.05) is 0 Å². The van der Waals surface area contributed by atoms with Crippen LogP contribution in [0.3, 0.4) is 0 Å². The SMILES string of the molecule is COCCN(C1CCN(C(C)C)CC1)S(=O)(=O)CC(N)=O. The minimum atomic E-state index is -3.67. The van der Waals surface area contributed by atoms with Crippen LogP contribution in [-0.2, 0) is 19.6 Å². The molecule has 2 N–H and O–H groups in total. The third-order valence-corrected chi connectivity index (χ3v) is 5.68. The summed E-state index contributed by atoms with van der Waals surface area (Å²) in [5.41, 5.74) is 5.05. The van der Waals surface area contributed by atoms with E-state index in [1.54, 1.807) is 0 Å². The van der Waals surface area contributed by atoms with E-state index in [0.717, 1.165) is 25.9 Å². The Hall–Kier alpha value is -0.700. The van der Waals surface area contributed by atoms with Gasteiger partial charge in [-0.05, 0) is 39.8 Å². The molecule has 0 aliphatic carbocycles. The van der Waals surface area contributed by atoms with Gasteiger partial charge in [-0.3, -0.25) is 4.79 Å². The van der Waals surface area contributed by atoms with Crippen molar-refractivity contribution in [2.75, 3.05) is 39.1 Å². The van der Waals surface area contributed by atoms with Crippen LogP contribution in [0.2, 0.25) is 0 Å². The average molecular weight is 321 g/mol. The van der Waals surface area contributed by atoms with Gasteiger partial charge in [0.1, 0.15) is 5.75 Å². The Morgan fingerprint density at radius 2 is 1.95 bits per heavy atom. The Kier molecular flexibility index (Phi) is 7.05. The molecule has 0 radical (unpaired) electrons. The van der Waals surface area contributed by atoms with Gasteiger partial charge in [-0.25, -0.2) is 8.42 Å². The van der Waals surface area contributed by atoms with Crippen molar-refractivity contribution in [2.24, 2.45) is 5.73 Å². The summed E-state index contributed by atoms with van der Waals surface area (Å²) in [6, 6.07) is 0.375. The fraction of sp³-hybridized carbons (Fsp3) is 0.923. The van der Waals surface area contributed by atoms with Crippen molar-refractivity contribution in [1.82, 2.24) is 9.21 Å². The van der Waals surface area contributed by atoms with Crippen LogP contribution in [0.1, 0.15) is 26.7 Å². The first kappa shape index (κ1) is 18.3. The van der Waals surface area contributed by atoms with Gasteiger partial charge in [0.2, 0.25) is 15.9 Å². The number of piperidine rings is 1. The van der Waals surface area contributed by atoms with Crippen LogP contribution in [-0.4, -0.2) is 74.7 Å². The standard InChI is InChI=1S/C13H27N3O4S/c1-11(2)15-6-4-12(5-7-15)16(8-9-20-3)21(18,19)10-13(14)17/h11-12H,4-10H2,1-3H3,(H2,14,17). The van der Waals surface area contributed by atoms with Crippen molar-refractivity contribution >= 4 is 15.9 Å². The number of carbonyl (C=O) groups is 1. The van der Waals surface area contributed by atoms with E-state index >= 15 is 0 Å². The molecule has 1 fully saturated rings. The fourth-order valence-corrected chi connectivity index (χ4v) is 4.23. The second-order valence-corrected chi connectivity index (χ2v) is 7.61. The highest BCUT2D eigenvalue weighted by Gasteiger charge is 2.33. The number of hydrogen-bond donors (Lipinski definition) is 1. The maximum Gasteiger partial charge on any atom is 0.234 e. The van der Waals surface area contributed by atoms with E-state index in [0.29, 0.717) is 12.6 Å². The van der Waals surface area contributed by atoms with E-state index in [1.807, 2.05) is 0 Å². The molecule has 0 bridgehead atoms. The Bertz CT molecular complexity index is 431. The first-order chi connectivity index (χ1) is 9.77. The number of primary amides is 1. The quantitative estimate of drug-likeness (QED) is 0.658. The molecule has 0 aromatic rings. The molecule has 0 aromatic heterocycles. The topological polar surface area (TPSA) is 92.9 Å². The first-order valence-electron chi connectivity index (χ1n) is 7.28. The molecule has 1 aliphatic rings. The number of amides is 1. The maximum absolute atomic E-state index is 12.3. The molecular weight excluding hydrogens is 294 g/mol. The molecule has 1 saturated heterocycles. The van der Waals surface area contributed by atoms with Gasteiger partial charge in [0.05, 0.1) is 6.61 Å². The van der Waals surface area contributed by atoms with Gasteiger partial charge in [0, 0.05) is 25.7 Å². The Morgan fingerprint density at radius 1 is 1.38 bits per heavy atom. The number of nitrogens with zero attached hydrogens (tertiary/aromatic N) is 2. The smallest absolute Gasteiger partial charge is 0.234 e. The van der Waals surface area contributed by atoms with E-state index in [4.69, 9.17) is 10.5 Å². The third-order valence-electron chi connectivity index (χ3n) is 3.83. The zero-order chi connectivity index (χ0) is 16.0. The molecule has 21 heavy (non-hydrogen) atoms. The molecule has 0 unspecified atom stereocenters. The van der Waals surface area contributed by atoms with Crippen LogP contribution >= 0.6 is 0 Å². The average Bonchev–Trinajstić information content (AvgIpc) is 2.37. The zero-order valence-corrected chi connectivity index (χ0v) is 13.9. The minimum Gasteiger partial charge on any atom is -0.383 e. The summed E-state index contributed by atoms with van der Waals surface area (Å²) in [5, 5.41) is 0. The fourth-order valence-electron chi connectivity index (χ4n) is 2.68. The van der Waals surface area contributed by atoms with E-state index in [2.05, 4.69) is 18.7 Å². The molecule has 8 heteroatoms. The van der Waals surface area contributed by atoms with E-state index in [1.165, 1.54) is 11.4 Å². The molecule has 0 aromatic carbocycles. The highest BCUT2D eigenvalue weighted by atomic mass is 32.2. The predicted molar refractivity (Wildman–Crippen MR) is 81.3 cm³/mol. The molecule has 1 amide bonds. The van der Waals surface area contributed by atoms with Gasteiger partial charge in [0.25, 0.3) is 0 Å². The number of nitrogens with two attached hydrogens (primary N) is 1. The van der Waals surface area contributed by atoms with E-state index < -0.39 is 21.7 Å². The summed E-state index contributed by atoms with van der Waals surface area (Å²) in [4.78, 5) is 13.3. The lowest BCUT2D eigenvalue weighted by molar-refractivity contribution is -0.115. The van der Waals surface area contributed by atoms with E-state index in [-0.39, 0.29) is 12.6 Å². The third kappa shape index (κ3) is 5.54. The van der Waals surface area contributed by atoms with Gasteiger partial charge in [-0.2, -0.15) is 4.31 Å². The van der Waals surface area contributed by atoms with Crippen LogP contribution < -0.4 is 5.73 Å². The molecule has 0 atom stereocenters. The van der Waals surface area contributed by atoms with Crippen LogP contribution in [0.4, 0.5) is 0 Å². The lowest BCUT2D eigenvalue weighted by atomic mass is 10.0. The minimum absolute atomic E-state index is 0.0838. The number of sulfonamides is 1. The number of carbonyl (C=O) groups excluding carboxylic acids is 1. The van der Waals surface area contributed by atoms with Crippen molar-refractivity contribution < 1.29 is 17.9 Å².